The van der Waals surface area contributed by atoms with Gasteiger partial charge in [0.05, 0.1) is 35.4 Å². The molecule has 1 aliphatic heterocycles. The second-order valence-corrected chi connectivity index (χ2v) is 9.41. The van der Waals surface area contributed by atoms with Crippen molar-refractivity contribution < 1.29 is 27.4 Å². The number of morpholine rings is 1. The number of pyridine rings is 2. The number of nitrogens with one attached hydrogen (secondary N) is 1. The van der Waals surface area contributed by atoms with E-state index in [-0.39, 0.29) is 23.7 Å². The van der Waals surface area contributed by atoms with E-state index in [1.165, 1.54) is 0 Å². The standard InChI is InChI=1S/C27H24ClF3N6O3/c28-20-4-5-21-19(3-6-23(36-21)40-16-17-2-1-7-32-12-17)24(20)25(38)33-15-22(37-8-10-39-11-9-37)18-13-34-26(35-14-18)27(29,30)31/h1-7,12-14,22H,8-11,15-16H2,(H,33,38). The zero-order chi connectivity index (χ0) is 28.1. The lowest BCUT2D eigenvalue weighted by molar-refractivity contribution is -0.145. The number of alkyl halides is 3. The van der Waals surface area contributed by atoms with Crippen LogP contribution in [0.15, 0.2) is 61.2 Å². The third-order valence-corrected chi connectivity index (χ3v) is 6.70. The summed E-state index contributed by atoms with van der Waals surface area (Å²) >= 11 is 6.44. The molecule has 9 nitrogen and oxygen atoms in total. The van der Waals surface area contributed by atoms with E-state index < -0.39 is 23.9 Å². The van der Waals surface area contributed by atoms with Crippen molar-refractivity contribution in [1.29, 1.82) is 0 Å². The number of rotatable bonds is 8. The van der Waals surface area contributed by atoms with Crippen LogP contribution in [0.2, 0.25) is 5.02 Å². The molecule has 208 valence electrons. The third kappa shape index (κ3) is 6.46. The number of aromatic nitrogens is 4. The SMILES string of the molecule is O=C(NCC(c1cnc(C(F)(F)F)nc1)N1CCOCC1)c1c(Cl)ccc2nc(OCc3cccnc3)ccc12. The molecule has 1 unspecified atom stereocenters. The van der Waals surface area contributed by atoms with Crippen molar-refractivity contribution in [2.24, 2.45) is 0 Å². The van der Waals surface area contributed by atoms with Crippen LogP contribution in [0.3, 0.4) is 0 Å². The zero-order valence-corrected chi connectivity index (χ0v) is 21.8. The highest BCUT2D eigenvalue weighted by Gasteiger charge is 2.35. The van der Waals surface area contributed by atoms with Gasteiger partial charge in [0.2, 0.25) is 11.7 Å². The Balaban J connectivity index is 1.34. The quantitative estimate of drug-likeness (QED) is 0.330. The van der Waals surface area contributed by atoms with Gasteiger partial charge in [-0.2, -0.15) is 13.2 Å². The first-order chi connectivity index (χ1) is 19.3. The molecule has 0 spiro atoms. The Morgan fingerprint density at radius 1 is 1.10 bits per heavy atom. The molecule has 40 heavy (non-hydrogen) atoms. The van der Waals surface area contributed by atoms with E-state index in [4.69, 9.17) is 21.1 Å². The molecule has 0 aliphatic carbocycles. The summed E-state index contributed by atoms with van der Waals surface area (Å²) < 4.78 is 50.2. The zero-order valence-electron chi connectivity index (χ0n) is 21.1. The van der Waals surface area contributed by atoms with Gasteiger partial charge in [-0.3, -0.25) is 14.7 Å². The first kappa shape index (κ1) is 27.7. The lowest BCUT2D eigenvalue weighted by atomic mass is 10.1. The van der Waals surface area contributed by atoms with E-state index >= 15 is 0 Å². The summed E-state index contributed by atoms with van der Waals surface area (Å²) in [5, 5.41) is 3.64. The van der Waals surface area contributed by atoms with E-state index in [1.807, 2.05) is 17.0 Å². The molecule has 0 radical (unpaired) electrons. The maximum Gasteiger partial charge on any atom is 0.451 e. The van der Waals surface area contributed by atoms with Crippen molar-refractivity contribution in [3.05, 3.63) is 88.7 Å². The predicted molar refractivity (Wildman–Crippen MR) is 140 cm³/mol. The number of carbonyl (C=O) groups excluding carboxylic acids is 1. The van der Waals surface area contributed by atoms with Crippen molar-refractivity contribution in [3.8, 4) is 5.88 Å². The van der Waals surface area contributed by atoms with E-state index in [0.29, 0.717) is 48.6 Å². The Labute approximate surface area is 232 Å². The van der Waals surface area contributed by atoms with E-state index in [2.05, 4.69) is 25.3 Å². The average molecular weight is 573 g/mol. The lowest BCUT2D eigenvalue weighted by Crippen LogP contribution is -2.44. The second-order valence-electron chi connectivity index (χ2n) is 9.00. The normalized spacial score (nSPS) is 15.1. The molecule has 1 fully saturated rings. The predicted octanol–water partition coefficient (Wildman–Crippen LogP) is 4.47. The summed E-state index contributed by atoms with van der Waals surface area (Å²) in [6.07, 6.45) is 1.01. The minimum absolute atomic E-state index is 0.0833. The fraction of sp³-hybridized carbons (Fsp3) is 0.296. The molecule has 13 heteroatoms. The number of fused-ring (bicyclic) bond motifs is 1. The monoisotopic (exact) mass is 572 g/mol. The van der Waals surface area contributed by atoms with E-state index in [0.717, 1.165) is 18.0 Å². The topological polar surface area (TPSA) is 102 Å². The van der Waals surface area contributed by atoms with Crippen LogP contribution in [0.5, 0.6) is 5.88 Å². The fourth-order valence-electron chi connectivity index (χ4n) is 4.39. The number of hydrogen-bond acceptors (Lipinski definition) is 8. The molecule has 1 amide bonds. The van der Waals surface area contributed by atoms with Crippen LogP contribution >= 0.6 is 11.6 Å². The van der Waals surface area contributed by atoms with Crippen LogP contribution in [-0.4, -0.2) is 63.6 Å². The second kappa shape index (κ2) is 12.1. The number of amides is 1. The van der Waals surface area contributed by atoms with E-state index in [9.17, 15) is 18.0 Å². The molecule has 5 rings (SSSR count). The van der Waals surface area contributed by atoms with Crippen LogP contribution in [0.1, 0.15) is 33.4 Å². The molecule has 1 atom stereocenters. The van der Waals surface area contributed by atoms with Gasteiger partial charge in [-0.25, -0.2) is 15.0 Å². The molecule has 1 N–H and O–H groups in total. The minimum atomic E-state index is -4.65. The first-order valence-electron chi connectivity index (χ1n) is 12.4. The fourth-order valence-corrected chi connectivity index (χ4v) is 4.64. The van der Waals surface area contributed by atoms with Gasteiger partial charge in [-0.05, 0) is 24.3 Å². The Kier molecular flexibility index (Phi) is 8.38. The summed E-state index contributed by atoms with van der Waals surface area (Å²) in [5.74, 6) is -1.30. The van der Waals surface area contributed by atoms with Crippen molar-refractivity contribution in [1.82, 2.24) is 30.2 Å². The van der Waals surface area contributed by atoms with Crippen LogP contribution < -0.4 is 10.1 Å². The summed E-state index contributed by atoms with van der Waals surface area (Å²) in [7, 11) is 0. The summed E-state index contributed by atoms with van der Waals surface area (Å²) in [6, 6.07) is 9.87. The number of nitrogens with zero attached hydrogens (tertiary/aromatic N) is 5. The Hall–Kier alpha value is -3.87. The van der Waals surface area contributed by atoms with Crippen molar-refractivity contribution in [3.63, 3.8) is 0 Å². The number of ether oxygens (including phenoxy) is 2. The Morgan fingerprint density at radius 3 is 2.58 bits per heavy atom. The highest BCUT2D eigenvalue weighted by Crippen LogP contribution is 2.29. The highest BCUT2D eigenvalue weighted by atomic mass is 35.5. The summed E-state index contributed by atoms with van der Waals surface area (Å²) in [4.78, 5) is 31.0. The van der Waals surface area contributed by atoms with Gasteiger partial charge in [-0.15, -0.1) is 0 Å². The molecule has 4 heterocycles. The molecule has 1 aromatic carbocycles. The maximum atomic E-state index is 13.4. The average Bonchev–Trinajstić information content (AvgIpc) is 2.97. The first-order valence-corrected chi connectivity index (χ1v) is 12.8. The van der Waals surface area contributed by atoms with Crippen molar-refractivity contribution in [2.75, 3.05) is 32.8 Å². The molecule has 0 bridgehead atoms. The van der Waals surface area contributed by atoms with Gasteiger partial charge in [0.15, 0.2) is 0 Å². The third-order valence-electron chi connectivity index (χ3n) is 6.38. The van der Waals surface area contributed by atoms with E-state index in [1.54, 1.807) is 36.7 Å². The number of hydrogen-bond donors (Lipinski definition) is 1. The minimum Gasteiger partial charge on any atom is -0.473 e. The largest absolute Gasteiger partial charge is 0.473 e. The van der Waals surface area contributed by atoms with Crippen LogP contribution in [-0.2, 0) is 17.5 Å². The number of halogens is 4. The molecule has 3 aromatic heterocycles. The maximum absolute atomic E-state index is 13.4. The van der Waals surface area contributed by atoms with Gasteiger partial charge in [0, 0.05) is 67.0 Å². The smallest absolute Gasteiger partial charge is 0.451 e. The van der Waals surface area contributed by atoms with Crippen molar-refractivity contribution in [2.45, 2.75) is 18.8 Å². The molecular weight excluding hydrogens is 549 g/mol. The molecule has 4 aromatic rings. The van der Waals surface area contributed by atoms with Gasteiger partial charge in [0.1, 0.15) is 6.61 Å². The number of benzene rings is 1. The Bertz CT molecular complexity index is 1470. The molecular formula is C27H24ClF3N6O3. The molecule has 0 saturated carbocycles. The summed E-state index contributed by atoms with van der Waals surface area (Å²) in [5.41, 5.74) is 2.07. The number of carbonyl (C=O) groups is 1. The van der Waals surface area contributed by atoms with Gasteiger partial charge in [0.25, 0.3) is 5.91 Å². The van der Waals surface area contributed by atoms with Gasteiger partial charge < -0.3 is 14.8 Å². The van der Waals surface area contributed by atoms with Gasteiger partial charge >= 0.3 is 6.18 Å². The highest BCUT2D eigenvalue weighted by molar-refractivity contribution is 6.35. The van der Waals surface area contributed by atoms with Crippen LogP contribution in [0.25, 0.3) is 10.9 Å². The Morgan fingerprint density at radius 2 is 1.88 bits per heavy atom. The van der Waals surface area contributed by atoms with Gasteiger partial charge in [-0.1, -0.05) is 17.7 Å². The lowest BCUT2D eigenvalue weighted by Gasteiger charge is -2.34. The van der Waals surface area contributed by atoms with Crippen LogP contribution in [0.4, 0.5) is 13.2 Å². The van der Waals surface area contributed by atoms with Crippen LogP contribution in [0, 0.1) is 0 Å². The summed E-state index contributed by atoms with van der Waals surface area (Å²) in [6.45, 7) is 2.34. The molecule has 1 aliphatic rings. The van der Waals surface area contributed by atoms with Crippen molar-refractivity contribution >= 4 is 28.4 Å². The molecule has 1 saturated heterocycles.